The molecule has 0 heterocycles. The van der Waals surface area contributed by atoms with E-state index >= 15 is 0 Å². The van der Waals surface area contributed by atoms with Crippen LogP contribution < -0.4 is 0 Å². The fraction of sp³-hybridized carbons (Fsp3) is 0.333. The third kappa shape index (κ3) is 3.13. The van der Waals surface area contributed by atoms with E-state index in [1.165, 1.54) is 19.1 Å². The molecule has 0 atom stereocenters. The van der Waals surface area contributed by atoms with E-state index in [1.807, 2.05) is 0 Å². The second-order valence-corrected chi connectivity index (χ2v) is 4.34. The van der Waals surface area contributed by atoms with Crippen LogP contribution in [0.4, 0.5) is 18.9 Å². The number of hydrogen-bond acceptors (Lipinski definition) is 3. The molecule has 0 aromatic heterocycles. The second-order valence-electron chi connectivity index (χ2n) is 3.23. The minimum atomic E-state index is -4.52. The SMILES string of the molecule is Cc1cc(C)c([N+](=O)[O-])c(SC(F)(F)F)c1. The van der Waals surface area contributed by atoms with E-state index < -0.39 is 27.9 Å². The van der Waals surface area contributed by atoms with Crippen LogP contribution in [0.1, 0.15) is 11.1 Å². The van der Waals surface area contributed by atoms with Crippen molar-refractivity contribution in [2.24, 2.45) is 0 Å². The molecule has 0 aliphatic heterocycles. The molecule has 0 fully saturated rings. The Hall–Kier alpha value is -1.24. The summed E-state index contributed by atoms with van der Waals surface area (Å²) in [7, 11) is 0. The van der Waals surface area contributed by atoms with E-state index in [0.717, 1.165) is 0 Å². The highest BCUT2D eigenvalue weighted by Crippen LogP contribution is 2.42. The molecule has 7 heteroatoms. The number of nitro benzene ring substituents is 1. The largest absolute Gasteiger partial charge is 0.446 e. The van der Waals surface area contributed by atoms with Crippen molar-refractivity contribution in [1.82, 2.24) is 0 Å². The van der Waals surface area contributed by atoms with Gasteiger partial charge in [-0.05, 0) is 43.3 Å². The molecule has 0 unspecified atom stereocenters. The molecule has 0 saturated carbocycles. The van der Waals surface area contributed by atoms with Gasteiger partial charge in [0.05, 0.1) is 9.82 Å². The number of nitro groups is 1. The van der Waals surface area contributed by atoms with Crippen LogP contribution in [0.25, 0.3) is 0 Å². The van der Waals surface area contributed by atoms with Gasteiger partial charge in [0.2, 0.25) is 0 Å². The fourth-order valence-electron chi connectivity index (χ4n) is 1.36. The molecule has 0 radical (unpaired) electrons. The molecule has 0 spiro atoms. The van der Waals surface area contributed by atoms with Crippen molar-refractivity contribution >= 4 is 17.4 Å². The van der Waals surface area contributed by atoms with Gasteiger partial charge in [-0.25, -0.2) is 0 Å². The number of thioether (sulfide) groups is 1. The summed E-state index contributed by atoms with van der Waals surface area (Å²) in [5, 5.41) is 10.7. The highest BCUT2D eigenvalue weighted by Gasteiger charge is 2.33. The van der Waals surface area contributed by atoms with Gasteiger partial charge in [0.15, 0.2) is 0 Å². The van der Waals surface area contributed by atoms with Crippen molar-refractivity contribution in [2.45, 2.75) is 24.3 Å². The van der Waals surface area contributed by atoms with E-state index in [1.54, 1.807) is 6.92 Å². The van der Waals surface area contributed by atoms with Gasteiger partial charge in [0, 0.05) is 5.56 Å². The first-order valence-corrected chi connectivity index (χ1v) is 5.04. The molecule has 88 valence electrons. The Bertz CT molecular complexity index is 431. The summed E-state index contributed by atoms with van der Waals surface area (Å²) < 4.78 is 36.6. The molecule has 16 heavy (non-hydrogen) atoms. The van der Waals surface area contributed by atoms with E-state index in [9.17, 15) is 23.3 Å². The van der Waals surface area contributed by atoms with Gasteiger partial charge in [-0.1, -0.05) is 0 Å². The maximum atomic E-state index is 12.2. The highest BCUT2D eigenvalue weighted by molar-refractivity contribution is 8.00. The van der Waals surface area contributed by atoms with Crippen LogP contribution in [0.3, 0.4) is 0 Å². The Labute approximate surface area is 93.8 Å². The summed E-state index contributed by atoms with van der Waals surface area (Å²) >= 11 is -0.458. The fourth-order valence-corrected chi connectivity index (χ4v) is 2.18. The first-order valence-electron chi connectivity index (χ1n) is 4.22. The van der Waals surface area contributed by atoms with Gasteiger partial charge in [-0.2, -0.15) is 13.2 Å². The van der Waals surface area contributed by atoms with Gasteiger partial charge in [0.1, 0.15) is 0 Å². The topological polar surface area (TPSA) is 43.1 Å². The minimum absolute atomic E-state index is 0.233. The lowest BCUT2D eigenvalue weighted by Crippen LogP contribution is -2.03. The zero-order valence-electron chi connectivity index (χ0n) is 8.46. The van der Waals surface area contributed by atoms with E-state index in [-0.39, 0.29) is 10.5 Å². The Morgan fingerprint density at radius 1 is 1.31 bits per heavy atom. The molecule has 1 rings (SSSR count). The van der Waals surface area contributed by atoms with Gasteiger partial charge in [-0.15, -0.1) is 0 Å². The van der Waals surface area contributed by atoms with Crippen molar-refractivity contribution in [1.29, 1.82) is 0 Å². The molecular formula is C9H8F3NO2S. The number of alkyl halides is 3. The number of nitrogens with zero attached hydrogens (tertiary/aromatic N) is 1. The highest BCUT2D eigenvalue weighted by atomic mass is 32.2. The van der Waals surface area contributed by atoms with Crippen molar-refractivity contribution in [3.63, 3.8) is 0 Å². The number of halogens is 3. The lowest BCUT2D eigenvalue weighted by molar-refractivity contribution is -0.388. The Kier molecular flexibility index (Phi) is 3.47. The number of benzene rings is 1. The van der Waals surface area contributed by atoms with E-state index in [0.29, 0.717) is 5.56 Å². The van der Waals surface area contributed by atoms with Crippen LogP contribution in [-0.4, -0.2) is 10.4 Å². The van der Waals surface area contributed by atoms with Gasteiger partial charge >= 0.3 is 5.51 Å². The summed E-state index contributed by atoms with van der Waals surface area (Å²) in [4.78, 5) is 9.51. The van der Waals surface area contributed by atoms with Crippen molar-refractivity contribution in [3.8, 4) is 0 Å². The van der Waals surface area contributed by atoms with Gasteiger partial charge < -0.3 is 0 Å². The molecule has 3 nitrogen and oxygen atoms in total. The smallest absolute Gasteiger partial charge is 0.258 e. The summed E-state index contributed by atoms with van der Waals surface area (Å²) in [5.74, 6) is 0. The maximum absolute atomic E-state index is 12.2. The molecule has 0 N–H and O–H groups in total. The summed E-state index contributed by atoms with van der Waals surface area (Å²) in [6.45, 7) is 3.02. The molecule has 0 bridgehead atoms. The predicted molar refractivity (Wildman–Crippen MR) is 54.5 cm³/mol. The molecular weight excluding hydrogens is 243 g/mol. The summed E-state index contributed by atoms with van der Waals surface area (Å²) in [6.07, 6.45) is 0. The second kappa shape index (κ2) is 4.32. The normalized spacial score (nSPS) is 11.6. The van der Waals surface area contributed by atoms with Crippen LogP contribution in [-0.2, 0) is 0 Å². The number of rotatable bonds is 2. The summed E-state index contributed by atoms with van der Waals surface area (Å²) in [6, 6.07) is 2.65. The summed E-state index contributed by atoms with van der Waals surface area (Å²) in [5.41, 5.74) is -4.20. The standard InChI is InChI=1S/C9H8F3NO2S/c1-5-3-6(2)8(13(14)15)7(4-5)16-9(10,11)12/h3-4H,1-2H3. The monoisotopic (exact) mass is 251 g/mol. The lowest BCUT2D eigenvalue weighted by atomic mass is 10.1. The Balaban J connectivity index is 3.30. The third-order valence-corrected chi connectivity index (χ3v) is 2.58. The average Bonchev–Trinajstić information content (AvgIpc) is 1.96. The Morgan fingerprint density at radius 3 is 2.31 bits per heavy atom. The maximum Gasteiger partial charge on any atom is 0.446 e. The Morgan fingerprint density at radius 2 is 1.88 bits per heavy atom. The molecule has 0 aliphatic carbocycles. The molecule has 0 saturated heterocycles. The average molecular weight is 251 g/mol. The zero-order valence-corrected chi connectivity index (χ0v) is 9.28. The van der Waals surface area contributed by atoms with Gasteiger partial charge in [0.25, 0.3) is 5.69 Å². The minimum Gasteiger partial charge on any atom is -0.258 e. The van der Waals surface area contributed by atoms with Crippen molar-refractivity contribution < 1.29 is 18.1 Å². The predicted octanol–water partition coefficient (Wildman–Crippen LogP) is 3.82. The quantitative estimate of drug-likeness (QED) is 0.456. The first kappa shape index (κ1) is 12.8. The van der Waals surface area contributed by atoms with Crippen LogP contribution >= 0.6 is 11.8 Å². The van der Waals surface area contributed by atoms with Gasteiger partial charge in [-0.3, -0.25) is 10.1 Å². The third-order valence-electron chi connectivity index (χ3n) is 1.82. The van der Waals surface area contributed by atoms with Crippen molar-refractivity contribution in [3.05, 3.63) is 33.4 Å². The molecule has 1 aromatic carbocycles. The van der Waals surface area contributed by atoms with Crippen LogP contribution in [0.5, 0.6) is 0 Å². The molecule has 0 aliphatic rings. The van der Waals surface area contributed by atoms with Crippen LogP contribution in [0.15, 0.2) is 17.0 Å². The van der Waals surface area contributed by atoms with E-state index in [2.05, 4.69) is 0 Å². The lowest BCUT2D eigenvalue weighted by Gasteiger charge is -2.08. The number of aryl methyl sites for hydroxylation is 2. The molecule has 1 aromatic rings. The first-order chi connectivity index (χ1) is 7.20. The zero-order chi connectivity index (χ0) is 12.5. The molecule has 0 amide bonds. The number of hydrogen-bond donors (Lipinski definition) is 0. The van der Waals surface area contributed by atoms with E-state index in [4.69, 9.17) is 0 Å². The van der Waals surface area contributed by atoms with Crippen LogP contribution in [0.2, 0.25) is 0 Å². The van der Waals surface area contributed by atoms with Crippen molar-refractivity contribution in [2.75, 3.05) is 0 Å². The van der Waals surface area contributed by atoms with Crippen LogP contribution in [0, 0.1) is 24.0 Å².